The molecule has 4 nitrogen and oxygen atoms in total. The predicted molar refractivity (Wildman–Crippen MR) is 66.1 cm³/mol. The van der Waals surface area contributed by atoms with Crippen molar-refractivity contribution in [2.75, 3.05) is 11.4 Å². The maximum Gasteiger partial charge on any atom is 0.414 e. The van der Waals surface area contributed by atoms with Gasteiger partial charge in [-0.2, -0.15) is 0 Å². The molecule has 0 aromatic carbocycles. The lowest BCUT2D eigenvalue weighted by molar-refractivity contribution is 0.122. The van der Waals surface area contributed by atoms with E-state index in [0.717, 1.165) is 30.6 Å². The Labute approximate surface area is 102 Å². The summed E-state index contributed by atoms with van der Waals surface area (Å²) in [5.74, 6) is 0. The van der Waals surface area contributed by atoms with E-state index in [1.165, 1.54) is 0 Å². The highest BCUT2D eigenvalue weighted by Crippen LogP contribution is 2.25. The van der Waals surface area contributed by atoms with Gasteiger partial charge < -0.3 is 4.74 Å². The van der Waals surface area contributed by atoms with Crippen molar-refractivity contribution >= 4 is 11.8 Å². The fraction of sp³-hybridized carbons (Fsp3) is 0.538. The molecule has 0 saturated heterocycles. The standard InChI is InChI=1S/C13H18N2O2/c1-10(2)17-13(16)15-9-4-3-6-11-12(15)7-5-8-14-11/h5,7-8,10H,3-4,6,9H2,1-2H3. The first-order valence-corrected chi connectivity index (χ1v) is 6.10. The van der Waals surface area contributed by atoms with E-state index >= 15 is 0 Å². The first-order chi connectivity index (χ1) is 8.18. The number of hydrogen-bond donors (Lipinski definition) is 0. The molecule has 1 aromatic heterocycles. The van der Waals surface area contributed by atoms with Gasteiger partial charge in [-0.1, -0.05) is 0 Å². The summed E-state index contributed by atoms with van der Waals surface area (Å²) in [4.78, 5) is 18.0. The van der Waals surface area contributed by atoms with Crippen molar-refractivity contribution in [1.82, 2.24) is 4.98 Å². The van der Waals surface area contributed by atoms with Crippen LogP contribution in [0.15, 0.2) is 18.3 Å². The van der Waals surface area contributed by atoms with Crippen LogP contribution in [0.3, 0.4) is 0 Å². The SMILES string of the molecule is CC(C)OC(=O)N1CCCCc2ncccc21. The minimum Gasteiger partial charge on any atom is -0.446 e. The molecule has 0 fully saturated rings. The van der Waals surface area contributed by atoms with Crippen LogP contribution in [-0.4, -0.2) is 23.7 Å². The van der Waals surface area contributed by atoms with E-state index in [1.54, 1.807) is 11.1 Å². The van der Waals surface area contributed by atoms with Crippen LogP contribution < -0.4 is 4.90 Å². The molecule has 1 aromatic rings. The van der Waals surface area contributed by atoms with Gasteiger partial charge in [0, 0.05) is 12.7 Å². The smallest absolute Gasteiger partial charge is 0.414 e. The molecule has 0 radical (unpaired) electrons. The molecule has 2 heterocycles. The van der Waals surface area contributed by atoms with E-state index < -0.39 is 0 Å². The molecule has 0 aliphatic carbocycles. The van der Waals surface area contributed by atoms with Crippen LogP contribution in [0.1, 0.15) is 32.4 Å². The van der Waals surface area contributed by atoms with Crippen LogP contribution in [-0.2, 0) is 11.2 Å². The third kappa shape index (κ3) is 2.75. The lowest BCUT2D eigenvalue weighted by Gasteiger charge is -2.22. The number of hydrogen-bond acceptors (Lipinski definition) is 3. The van der Waals surface area contributed by atoms with Crippen LogP contribution in [0.2, 0.25) is 0 Å². The quantitative estimate of drug-likeness (QED) is 0.750. The van der Waals surface area contributed by atoms with Gasteiger partial charge >= 0.3 is 6.09 Å². The third-order valence-corrected chi connectivity index (χ3v) is 2.76. The first kappa shape index (κ1) is 11.9. The van der Waals surface area contributed by atoms with Crippen molar-refractivity contribution in [2.24, 2.45) is 0 Å². The Kier molecular flexibility index (Phi) is 3.61. The fourth-order valence-electron chi connectivity index (χ4n) is 2.01. The van der Waals surface area contributed by atoms with E-state index in [2.05, 4.69) is 4.98 Å². The minimum atomic E-state index is -0.267. The predicted octanol–water partition coefficient (Wildman–Crippen LogP) is 2.77. The van der Waals surface area contributed by atoms with Gasteiger partial charge in [-0.05, 0) is 45.2 Å². The Bertz CT molecular complexity index is 404. The molecule has 0 saturated carbocycles. The average Bonchev–Trinajstić information content (AvgIpc) is 2.50. The number of aryl methyl sites for hydroxylation is 1. The third-order valence-electron chi connectivity index (χ3n) is 2.76. The van der Waals surface area contributed by atoms with Gasteiger partial charge in [0.15, 0.2) is 0 Å². The number of aromatic nitrogens is 1. The molecule has 92 valence electrons. The van der Waals surface area contributed by atoms with Crippen LogP contribution >= 0.6 is 0 Å². The van der Waals surface area contributed by atoms with Crippen molar-refractivity contribution in [3.8, 4) is 0 Å². The number of carbonyl (C=O) groups excluding carboxylic acids is 1. The summed E-state index contributed by atoms with van der Waals surface area (Å²) < 4.78 is 5.26. The minimum absolute atomic E-state index is 0.0918. The van der Waals surface area contributed by atoms with Crippen LogP contribution in [0.5, 0.6) is 0 Å². The number of amides is 1. The summed E-state index contributed by atoms with van der Waals surface area (Å²) in [5.41, 5.74) is 1.89. The number of carbonyl (C=O) groups is 1. The van der Waals surface area contributed by atoms with Crippen LogP contribution in [0.4, 0.5) is 10.5 Å². The van der Waals surface area contributed by atoms with Gasteiger partial charge in [0.05, 0.1) is 17.5 Å². The zero-order valence-corrected chi connectivity index (χ0v) is 10.3. The largest absolute Gasteiger partial charge is 0.446 e. The highest BCUT2D eigenvalue weighted by molar-refractivity contribution is 5.88. The Balaban J connectivity index is 2.25. The molecule has 0 spiro atoms. The van der Waals surface area contributed by atoms with Crippen molar-refractivity contribution in [3.05, 3.63) is 24.0 Å². The van der Waals surface area contributed by atoms with E-state index in [-0.39, 0.29) is 12.2 Å². The summed E-state index contributed by atoms with van der Waals surface area (Å²) in [6.45, 7) is 4.43. The molecule has 17 heavy (non-hydrogen) atoms. The topological polar surface area (TPSA) is 42.4 Å². The van der Waals surface area contributed by atoms with Crippen LogP contribution in [0, 0.1) is 0 Å². The summed E-state index contributed by atoms with van der Waals surface area (Å²) in [7, 11) is 0. The highest BCUT2D eigenvalue weighted by Gasteiger charge is 2.23. The monoisotopic (exact) mass is 234 g/mol. The molecule has 0 atom stereocenters. The van der Waals surface area contributed by atoms with Gasteiger partial charge in [-0.15, -0.1) is 0 Å². The number of nitrogens with zero attached hydrogens (tertiary/aromatic N) is 2. The molecule has 0 N–H and O–H groups in total. The average molecular weight is 234 g/mol. The summed E-state index contributed by atoms with van der Waals surface area (Å²) >= 11 is 0. The second kappa shape index (κ2) is 5.17. The highest BCUT2D eigenvalue weighted by atomic mass is 16.6. The van der Waals surface area contributed by atoms with Crippen molar-refractivity contribution in [1.29, 1.82) is 0 Å². The Hall–Kier alpha value is -1.58. The molecular formula is C13H18N2O2. The van der Waals surface area contributed by atoms with E-state index in [9.17, 15) is 4.79 Å². The number of pyridine rings is 1. The Morgan fingerprint density at radius 1 is 1.47 bits per heavy atom. The second-order valence-corrected chi connectivity index (χ2v) is 4.51. The first-order valence-electron chi connectivity index (χ1n) is 6.10. The fourth-order valence-corrected chi connectivity index (χ4v) is 2.01. The van der Waals surface area contributed by atoms with Crippen LogP contribution in [0.25, 0.3) is 0 Å². The number of anilines is 1. The molecular weight excluding hydrogens is 216 g/mol. The van der Waals surface area contributed by atoms with Gasteiger partial charge in [0.2, 0.25) is 0 Å². The lowest BCUT2D eigenvalue weighted by Crippen LogP contribution is -2.34. The molecule has 2 rings (SSSR count). The summed E-state index contributed by atoms with van der Waals surface area (Å²) in [5, 5.41) is 0. The van der Waals surface area contributed by atoms with Crippen molar-refractivity contribution in [2.45, 2.75) is 39.2 Å². The molecule has 0 unspecified atom stereocenters. The Morgan fingerprint density at radius 2 is 2.29 bits per heavy atom. The number of fused-ring (bicyclic) bond motifs is 1. The summed E-state index contributed by atoms with van der Waals surface area (Å²) in [6, 6.07) is 3.80. The van der Waals surface area contributed by atoms with Crippen molar-refractivity contribution in [3.63, 3.8) is 0 Å². The zero-order chi connectivity index (χ0) is 12.3. The van der Waals surface area contributed by atoms with Gasteiger partial charge in [0.25, 0.3) is 0 Å². The zero-order valence-electron chi connectivity index (χ0n) is 10.3. The molecule has 0 bridgehead atoms. The number of rotatable bonds is 1. The van der Waals surface area contributed by atoms with E-state index in [0.29, 0.717) is 6.54 Å². The maximum absolute atomic E-state index is 12.0. The molecule has 1 amide bonds. The Morgan fingerprint density at radius 3 is 3.06 bits per heavy atom. The van der Waals surface area contributed by atoms with E-state index in [1.807, 2.05) is 26.0 Å². The summed E-state index contributed by atoms with van der Waals surface area (Å²) in [6.07, 6.45) is 4.40. The van der Waals surface area contributed by atoms with Gasteiger partial charge in [-0.3, -0.25) is 9.88 Å². The molecule has 1 aliphatic rings. The maximum atomic E-state index is 12.0. The molecule has 4 heteroatoms. The molecule has 1 aliphatic heterocycles. The van der Waals surface area contributed by atoms with Gasteiger partial charge in [-0.25, -0.2) is 4.79 Å². The normalized spacial score (nSPS) is 15.4. The van der Waals surface area contributed by atoms with Gasteiger partial charge in [0.1, 0.15) is 0 Å². The van der Waals surface area contributed by atoms with E-state index in [4.69, 9.17) is 4.74 Å². The lowest BCUT2D eigenvalue weighted by atomic mass is 10.2. The second-order valence-electron chi connectivity index (χ2n) is 4.51. The van der Waals surface area contributed by atoms with Crippen molar-refractivity contribution < 1.29 is 9.53 Å². The number of ether oxygens (including phenoxy) is 1.